The van der Waals surface area contributed by atoms with Crippen LogP contribution in [0.15, 0.2) is 48.2 Å². The van der Waals surface area contributed by atoms with Crippen molar-refractivity contribution in [2.75, 3.05) is 6.61 Å². The third-order valence-corrected chi connectivity index (χ3v) is 8.17. The minimum Gasteiger partial charge on any atom is -0.450 e. The summed E-state index contributed by atoms with van der Waals surface area (Å²) in [6, 6.07) is 0. The zero-order valence-electron chi connectivity index (χ0n) is 25.2. The first-order valence-electron chi connectivity index (χ1n) is 16.6. The van der Waals surface area contributed by atoms with Crippen LogP contribution >= 0.6 is 0 Å². The fourth-order valence-electron chi connectivity index (χ4n) is 5.79. The highest BCUT2D eigenvalue weighted by molar-refractivity contribution is 5.81. The van der Waals surface area contributed by atoms with Crippen molar-refractivity contribution < 1.29 is 23.7 Å². The van der Waals surface area contributed by atoms with Gasteiger partial charge in [-0.05, 0) is 76.0 Å². The first-order chi connectivity index (χ1) is 19.7. The maximum Gasteiger partial charge on any atom is 0.453 e. The highest BCUT2D eigenvalue weighted by atomic mass is 16.9. The van der Waals surface area contributed by atoms with Crippen LogP contribution in [0, 0.1) is 0 Å². The minimum absolute atomic E-state index is 0.149. The number of rotatable bonds is 9. The molecule has 3 aliphatic carbocycles. The average molecular weight is 557 g/mol. The normalized spacial score (nSPS) is 22.6. The van der Waals surface area contributed by atoms with Crippen molar-refractivity contribution in [1.82, 2.24) is 0 Å². The third kappa shape index (κ3) is 13.5. The molecule has 0 radical (unpaired) electrons. The summed E-state index contributed by atoms with van der Waals surface area (Å²) in [4.78, 5) is 12.3. The Balaban J connectivity index is 1.94. The predicted octanol–water partition coefficient (Wildman–Crippen LogP) is 10.5. The standard InChI is InChI=1S/C35H56O5/c1-2-34(36)37-30-35(38-31-24-18-12-6-3-7-13-19-25-31,39-32-26-20-14-8-4-9-15-21-27-32)40-33-28-22-16-10-5-11-17-23-29-33/h2,24,26,28H,1,3-23,25,27,29-30H2. The van der Waals surface area contributed by atoms with Crippen molar-refractivity contribution in [3.05, 3.63) is 48.2 Å². The van der Waals surface area contributed by atoms with Crippen molar-refractivity contribution >= 4 is 5.97 Å². The zero-order valence-corrected chi connectivity index (χ0v) is 25.2. The molecule has 0 amide bonds. The number of hydrogen-bond acceptors (Lipinski definition) is 5. The molecule has 0 bridgehead atoms. The van der Waals surface area contributed by atoms with E-state index in [0.29, 0.717) is 0 Å². The van der Waals surface area contributed by atoms with E-state index in [9.17, 15) is 4.79 Å². The molecule has 3 rings (SSSR count). The van der Waals surface area contributed by atoms with E-state index in [1.165, 1.54) is 83.1 Å². The van der Waals surface area contributed by atoms with Gasteiger partial charge < -0.3 is 18.9 Å². The SMILES string of the molecule is C=CC(=O)OCC(OC1=CCCCCCCCC1)(OC1=CCCCCCCCC1)OC1=CCCCCCCCC1. The Hall–Kier alpha value is -2.17. The van der Waals surface area contributed by atoms with E-state index in [4.69, 9.17) is 18.9 Å². The topological polar surface area (TPSA) is 54.0 Å². The molecule has 40 heavy (non-hydrogen) atoms. The number of esters is 1. The summed E-state index contributed by atoms with van der Waals surface area (Å²) < 4.78 is 26.0. The van der Waals surface area contributed by atoms with E-state index in [1.807, 2.05) is 0 Å². The van der Waals surface area contributed by atoms with Gasteiger partial charge in [-0.2, -0.15) is 0 Å². The van der Waals surface area contributed by atoms with E-state index < -0.39 is 11.9 Å². The van der Waals surface area contributed by atoms with Crippen LogP contribution in [0.25, 0.3) is 0 Å². The van der Waals surface area contributed by atoms with Crippen molar-refractivity contribution in [1.29, 1.82) is 0 Å². The van der Waals surface area contributed by atoms with Crippen LogP contribution < -0.4 is 0 Å². The van der Waals surface area contributed by atoms with Gasteiger partial charge in [0.25, 0.3) is 0 Å². The maximum atomic E-state index is 12.3. The Kier molecular flexibility index (Phi) is 16.0. The molecular weight excluding hydrogens is 500 g/mol. The lowest BCUT2D eigenvalue weighted by atomic mass is 10.0. The average Bonchev–Trinajstić information content (AvgIpc) is 2.97. The van der Waals surface area contributed by atoms with Crippen LogP contribution in [0.5, 0.6) is 0 Å². The summed E-state index contributed by atoms with van der Waals surface area (Å²) in [5, 5.41) is 0. The molecule has 5 heteroatoms. The summed E-state index contributed by atoms with van der Waals surface area (Å²) in [6.07, 6.45) is 35.0. The number of carbonyl (C=O) groups is 1. The van der Waals surface area contributed by atoms with Gasteiger partial charge in [-0.25, -0.2) is 4.79 Å². The van der Waals surface area contributed by atoms with Crippen molar-refractivity contribution in [2.45, 2.75) is 160 Å². The van der Waals surface area contributed by atoms with Crippen LogP contribution in [0.2, 0.25) is 0 Å². The molecule has 0 atom stereocenters. The van der Waals surface area contributed by atoms with Crippen LogP contribution in [0.1, 0.15) is 154 Å². The van der Waals surface area contributed by atoms with Gasteiger partial charge in [0, 0.05) is 25.3 Å². The summed E-state index contributed by atoms with van der Waals surface area (Å²) >= 11 is 0. The van der Waals surface area contributed by atoms with Gasteiger partial charge in [0.2, 0.25) is 6.61 Å². The van der Waals surface area contributed by atoms with Crippen LogP contribution in [0.3, 0.4) is 0 Å². The minimum atomic E-state index is -1.56. The van der Waals surface area contributed by atoms with Crippen LogP contribution in [0.4, 0.5) is 0 Å². The quantitative estimate of drug-likeness (QED) is 0.161. The zero-order chi connectivity index (χ0) is 28.1. The largest absolute Gasteiger partial charge is 0.453 e. The monoisotopic (exact) mass is 556 g/mol. The van der Waals surface area contributed by atoms with Gasteiger partial charge >= 0.3 is 11.9 Å². The molecular formula is C35H56O5. The molecule has 3 aliphatic rings. The molecule has 0 aromatic carbocycles. The fourth-order valence-corrected chi connectivity index (χ4v) is 5.79. The summed E-state index contributed by atoms with van der Waals surface area (Å²) in [7, 11) is 0. The summed E-state index contributed by atoms with van der Waals surface area (Å²) in [5.74, 6) is 0.605. The Morgan fingerprint density at radius 3 is 1.25 bits per heavy atom. The van der Waals surface area contributed by atoms with Gasteiger partial charge in [-0.1, -0.05) is 83.6 Å². The molecule has 0 aliphatic heterocycles. The molecule has 0 heterocycles. The second kappa shape index (κ2) is 19.8. The molecule has 0 aromatic heterocycles. The maximum absolute atomic E-state index is 12.3. The first kappa shape index (κ1) is 32.3. The van der Waals surface area contributed by atoms with E-state index in [1.54, 1.807) is 0 Å². The first-order valence-corrected chi connectivity index (χ1v) is 16.6. The Morgan fingerprint density at radius 2 is 0.900 bits per heavy atom. The Morgan fingerprint density at radius 1 is 0.575 bits per heavy atom. The lowest BCUT2D eigenvalue weighted by Gasteiger charge is -2.36. The van der Waals surface area contributed by atoms with Crippen molar-refractivity contribution in [3.8, 4) is 0 Å². The van der Waals surface area contributed by atoms with Gasteiger partial charge in [0.05, 0.1) is 0 Å². The second-order valence-corrected chi connectivity index (χ2v) is 11.8. The third-order valence-electron chi connectivity index (χ3n) is 8.17. The molecule has 0 fully saturated rings. The Labute approximate surface area is 244 Å². The summed E-state index contributed by atoms with van der Waals surface area (Å²) in [5.41, 5.74) is 0. The fraction of sp³-hybridized carbons (Fsp3) is 0.743. The molecule has 0 saturated heterocycles. The van der Waals surface area contributed by atoms with Crippen molar-refractivity contribution in [2.24, 2.45) is 0 Å². The van der Waals surface area contributed by atoms with Gasteiger partial charge in [-0.3, -0.25) is 0 Å². The number of ether oxygens (including phenoxy) is 4. The van der Waals surface area contributed by atoms with Crippen molar-refractivity contribution in [3.63, 3.8) is 0 Å². The molecule has 5 nitrogen and oxygen atoms in total. The molecule has 0 aromatic rings. The van der Waals surface area contributed by atoms with Gasteiger partial charge in [0.15, 0.2) is 0 Å². The molecule has 0 spiro atoms. The molecule has 226 valence electrons. The predicted molar refractivity (Wildman–Crippen MR) is 162 cm³/mol. The van der Waals surface area contributed by atoms with Gasteiger partial charge in [-0.15, -0.1) is 0 Å². The molecule has 0 N–H and O–H groups in total. The van der Waals surface area contributed by atoms with Gasteiger partial charge in [0.1, 0.15) is 17.3 Å². The molecule has 0 saturated carbocycles. The van der Waals surface area contributed by atoms with Crippen LogP contribution in [-0.2, 0) is 23.7 Å². The van der Waals surface area contributed by atoms with Crippen LogP contribution in [-0.4, -0.2) is 18.5 Å². The highest BCUT2D eigenvalue weighted by Gasteiger charge is 2.42. The van der Waals surface area contributed by atoms with E-state index in [2.05, 4.69) is 24.8 Å². The Bertz CT molecular complexity index is 735. The number of carbonyl (C=O) groups excluding carboxylic acids is 1. The summed E-state index contributed by atoms with van der Waals surface area (Å²) in [6.45, 7) is 3.45. The second-order valence-electron chi connectivity index (χ2n) is 11.8. The highest BCUT2D eigenvalue weighted by Crippen LogP contribution is 2.33. The lowest BCUT2D eigenvalue weighted by Crippen LogP contribution is -2.44. The molecule has 0 unspecified atom stereocenters. The number of hydrogen-bond donors (Lipinski definition) is 0. The van der Waals surface area contributed by atoms with E-state index in [-0.39, 0.29) is 6.61 Å². The smallest absolute Gasteiger partial charge is 0.450 e. The van der Waals surface area contributed by atoms with E-state index in [0.717, 1.165) is 94.3 Å². The number of allylic oxidation sites excluding steroid dienone is 6. The lowest BCUT2D eigenvalue weighted by molar-refractivity contribution is -0.352. The van der Waals surface area contributed by atoms with E-state index >= 15 is 0 Å².